The van der Waals surface area contributed by atoms with E-state index in [0.717, 1.165) is 44.8 Å². The van der Waals surface area contributed by atoms with Crippen LogP contribution in [0.4, 0.5) is 5.69 Å². The van der Waals surface area contributed by atoms with Gasteiger partial charge in [0.05, 0.1) is 11.9 Å². The van der Waals surface area contributed by atoms with Gasteiger partial charge in [0.25, 0.3) is 0 Å². The molecule has 1 N–H and O–H groups in total. The second kappa shape index (κ2) is 13.6. The quantitative estimate of drug-likeness (QED) is 0.339. The van der Waals surface area contributed by atoms with E-state index >= 15 is 0 Å². The fraction of sp³-hybridized carbons (Fsp3) is 0.375. The summed E-state index contributed by atoms with van der Waals surface area (Å²) in [7, 11) is -3.81. The van der Waals surface area contributed by atoms with E-state index in [9.17, 15) is 18.0 Å². The van der Waals surface area contributed by atoms with Crippen molar-refractivity contribution in [3.05, 3.63) is 101 Å². The fourth-order valence-corrected chi connectivity index (χ4v) is 5.37. The molecule has 3 aromatic carbocycles. The normalized spacial score (nSPS) is 12.8. The first-order valence-electron chi connectivity index (χ1n) is 13.6. The van der Waals surface area contributed by atoms with Gasteiger partial charge in [-0.05, 0) is 62.4 Å². The number of aryl methyl sites for hydroxylation is 3. The summed E-state index contributed by atoms with van der Waals surface area (Å²) in [6.45, 7) is 9.34. The smallest absolute Gasteiger partial charge is 0.244 e. The number of amides is 2. The minimum absolute atomic E-state index is 0.0791. The third-order valence-electron chi connectivity index (χ3n) is 7.06. The Bertz CT molecular complexity index is 1410. The Kier molecular flexibility index (Phi) is 10.5. The molecule has 0 heterocycles. The highest BCUT2D eigenvalue weighted by Gasteiger charge is 2.33. The maximum Gasteiger partial charge on any atom is 0.244 e. The number of benzene rings is 3. The van der Waals surface area contributed by atoms with Gasteiger partial charge in [-0.3, -0.25) is 13.9 Å². The topological polar surface area (TPSA) is 86.8 Å². The van der Waals surface area contributed by atoms with Crippen molar-refractivity contribution in [2.45, 2.75) is 66.1 Å². The zero-order valence-corrected chi connectivity index (χ0v) is 25.2. The molecule has 0 aliphatic carbocycles. The van der Waals surface area contributed by atoms with Crippen LogP contribution in [0, 0.1) is 20.8 Å². The summed E-state index contributed by atoms with van der Waals surface area (Å²) in [6.07, 6.45) is 2.14. The number of sulfonamides is 1. The molecule has 214 valence electrons. The van der Waals surface area contributed by atoms with Crippen molar-refractivity contribution in [1.82, 2.24) is 10.2 Å². The molecule has 0 unspecified atom stereocenters. The predicted molar refractivity (Wildman–Crippen MR) is 162 cm³/mol. The minimum atomic E-state index is -3.81. The van der Waals surface area contributed by atoms with Gasteiger partial charge in [-0.1, -0.05) is 79.2 Å². The van der Waals surface area contributed by atoms with Gasteiger partial charge >= 0.3 is 0 Å². The van der Waals surface area contributed by atoms with E-state index in [-0.39, 0.29) is 18.5 Å². The summed E-state index contributed by atoms with van der Waals surface area (Å²) in [4.78, 5) is 29.4. The van der Waals surface area contributed by atoms with Gasteiger partial charge in [-0.2, -0.15) is 0 Å². The van der Waals surface area contributed by atoms with Gasteiger partial charge in [0.15, 0.2) is 0 Å². The highest BCUT2D eigenvalue weighted by Crippen LogP contribution is 2.25. The van der Waals surface area contributed by atoms with Gasteiger partial charge in [0.2, 0.25) is 21.8 Å². The van der Waals surface area contributed by atoms with E-state index in [0.29, 0.717) is 12.1 Å². The molecule has 7 nitrogen and oxygen atoms in total. The lowest BCUT2D eigenvalue weighted by Gasteiger charge is -2.34. The van der Waals surface area contributed by atoms with Crippen LogP contribution in [0.2, 0.25) is 0 Å². The van der Waals surface area contributed by atoms with Crippen LogP contribution in [0.3, 0.4) is 0 Å². The second-order valence-corrected chi connectivity index (χ2v) is 12.5. The van der Waals surface area contributed by atoms with E-state index in [1.54, 1.807) is 6.07 Å². The Morgan fingerprint density at radius 3 is 2.10 bits per heavy atom. The number of anilines is 1. The van der Waals surface area contributed by atoms with Crippen LogP contribution in [-0.4, -0.2) is 50.0 Å². The van der Waals surface area contributed by atoms with Crippen LogP contribution in [0.25, 0.3) is 0 Å². The monoisotopic (exact) mass is 563 g/mol. The first-order valence-corrected chi connectivity index (χ1v) is 15.5. The average molecular weight is 564 g/mol. The van der Waals surface area contributed by atoms with Crippen LogP contribution in [0.1, 0.15) is 48.1 Å². The third-order valence-corrected chi connectivity index (χ3v) is 8.18. The zero-order chi connectivity index (χ0) is 29.4. The van der Waals surface area contributed by atoms with Crippen molar-refractivity contribution >= 4 is 27.5 Å². The maximum atomic E-state index is 14.2. The summed E-state index contributed by atoms with van der Waals surface area (Å²) in [5.74, 6) is -0.719. The molecule has 0 saturated heterocycles. The van der Waals surface area contributed by atoms with Crippen LogP contribution in [0.5, 0.6) is 0 Å². The van der Waals surface area contributed by atoms with Crippen LogP contribution >= 0.6 is 0 Å². The summed E-state index contributed by atoms with van der Waals surface area (Å²) in [6, 6.07) is 21.9. The lowest BCUT2D eigenvalue weighted by Crippen LogP contribution is -2.54. The van der Waals surface area contributed by atoms with Gasteiger partial charge in [0, 0.05) is 19.0 Å². The van der Waals surface area contributed by atoms with Crippen molar-refractivity contribution in [3.8, 4) is 0 Å². The van der Waals surface area contributed by atoms with Gasteiger partial charge in [-0.15, -0.1) is 0 Å². The average Bonchev–Trinajstić information content (AvgIpc) is 2.91. The fourth-order valence-electron chi connectivity index (χ4n) is 4.47. The first kappa shape index (κ1) is 30.9. The largest absolute Gasteiger partial charge is 0.352 e. The van der Waals surface area contributed by atoms with Crippen LogP contribution in [0.15, 0.2) is 72.8 Å². The van der Waals surface area contributed by atoms with Crippen molar-refractivity contribution in [2.75, 3.05) is 17.1 Å². The third kappa shape index (κ3) is 8.42. The lowest BCUT2D eigenvalue weighted by atomic mass is 10.0. The molecule has 0 aliphatic rings. The highest BCUT2D eigenvalue weighted by molar-refractivity contribution is 7.92. The van der Waals surface area contributed by atoms with Gasteiger partial charge < -0.3 is 10.2 Å². The number of nitrogens with one attached hydrogen (secondary N) is 1. The molecule has 0 spiro atoms. The molecule has 8 heteroatoms. The molecule has 0 saturated carbocycles. The SMILES string of the molecule is CC[C@@H](C)NC(=O)[C@@H](Cc1ccccc1)N(Cc1ccc(C)cc1)C(=O)CN(c1cc(C)ccc1C)S(C)(=O)=O. The van der Waals surface area contributed by atoms with E-state index in [2.05, 4.69) is 5.32 Å². The Labute approximate surface area is 239 Å². The number of hydrogen-bond acceptors (Lipinski definition) is 4. The summed E-state index contributed by atoms with van der Waals surface area (Å²) in [5, 5.41) is 3.05. The number of rotatable bonds is 12. The first-order chi connectivity index (χ1) is 18.9. The summed E-state index contributed by atoms with van der Waals surface area (Å²) < 4.78 is 27.2. The molecule has 0 fully saturated rings. The summed E-state index contributed by atoms with van der Waals surface area (Å²) >= 11 is 0. The highest BCUT2D eigenvalue weighted by atomic mass is 32.2. The lowest BCUT2D eigenvalue weighted by molar-refractivity contribution is -0.140. The zero-order valence-electron chi connectivity index (χ0n) is 24.3. The van der Waals surface area contributed by atoms with Gasteiger partial charge in [-0.25, -0.2) is 8.42 Å². The number of carbonyl (C=O) groups is 2. The van der Waals surface area contributed by atoms with Crippen LogP contribution in [-0.2, 0) is 32.6 Å². The predicted octanol–water partition coefficient (Wildman–Crippen LogP) is 4.93. The van der Waals surface area contributed by atoms with E-state index in [1.165, 1.54) is 4.90 Å². The number of hydrogen-bond donors (Lipinski definition) is 1. The molecule has 40 heavy (non-hydrogen) atoms. The Morgan fingerprint density at radius 1 is 0.875 bits per heavy atom. The molecular formula is C32H41N3O4S. The molecule has 3 aromatic rings. The Morgan fingerprint density at radius 2 is 1.50 bits per heavy atom. The molecule has 0 aromatic heterocycles. The Hall–Kier alpha value is -3.65. The maximum absolute atomic E-state index is 14.2. The molecule has 3 rings (SSSR count). The molecule has 0 bridgehead atoms. The van der Waals surface area contributed by atoms with Crippen molar-refractivity contribution < 1.29 is 18.0 Å². The van der Waals surface area contributed by atoms with E-state index in [1.807, 2.05) is 101 Å². The molecule has 2 amide bonds. The second-order valence-electron chi connectivity index (χ2n) is 10.6. The van der Waals surface area contributed by atoms with Crippen LogP contribution < -0.4 is 9.62 Å². The molecule has 2 atom stereocenters. The molecule has 0 radical (unpaired) electrons. The minimum Gasteiger partial charge on any atom is -0.352 e. The molecule has 0 aliphatic heterocycles. The van der Waals surface area contributed by atoms with Crippen molar-refractivity contribution in [1.29, 1.82) is 0 Å². The summed E-state index contributed by atoms with van der Waals surface area (Å²) in [5.41, 5.74) is 4.91. The van der Waals surface area contributed by atoms with Crippen molar-refractivity contribution in [3.63, 3.8) is 0 Å². The van der Waals surface area contributed by atoms with Gasteiger partial charge in [0.1, 0.15) is 12.6 Å². The molecular weight excluding hydrogens is 522 g/mol. The van der Waals surface area contributed by atoms with E-state index in [4.69, 9.17) is 0 Å². The van der Waals surface area contributed by atoms with Crippen molar-refractivity contribution in [2.24, 2.45) is 0 Å². The van der Waals surface area contributed by atoms with E-state index < -0.39 is 28.5 Å². The number of nitrogens with zero attached hydrogens (tertiary/aromatic N) is 2. The Balaban J connectivity index is 2.08. The standard InChI is InChI=1S/C32H41N3O4S/c1-7-26(5)33-32(37)30(20-27-11-9-8-10-12-27)34(21-28-17-14-23(2)15-18-28)31(36)22-35(40(6,38)39)29-19-24(3)13-16-25(29)4/h8-19,26,30H,7,20-22H2,1-6H3,(H,33,37)/t26-,30-/m1/s1. The number of carbonyl (C=O) groups excluding carboxylic acids is 2.